The van der Waals surface area contributed by atoms with Gasteiger partial charge in [-0.05, 0) is 35.1 Å². The highest BCUT2D eigenvalue weighted by molar-refractivity contribution is 7.89. The lowest BCUT2D eigenvalue weighted by Crippen LogP contribution is -2.43. The van der Waals surface area contributed by atoms with Gasteiger partial charge in [0.25, 0.3) is 0 Å². The van der Waals surface area contributed by atoms with Crippen LogP contribution in [-0.2, 0) is 27.8 Å². The molecular formula is C16H21F3N2O3S. The molecule has 9 heteroatoms. The van der Waals surface area contributed by atoms with Gasteiger partial charge < -0.3 is 4.90 Å². The summed E-state index contributed by atoms with van der Waals surface area (Å²) in [7, 11) is -3.77. The number of hydrogen-bond acceptors (Lipinski definition) is 3. The zero-order valence-corrected chi connectivity index (χ0v) is 15.1. The standard InChI is InChI=1S/C16H21F3N2O3S/c1-15(2,3)10-20-25(23,24)13-5-4-11-6-7-21(9-12(11)8-13)14(22)16(17,18)19/h4-5,8,20H,6-7,9-10H2,1-3H3. The molecule has 1 N–H and O–H groups in total. The van der Waals surface area contributed by atoms with Crippen LogP contribution in [0.2, 0.25) is 0 Å². The van der Waals surface area contributed by atoms with E-state index in [9.17, 15) is 26.4 Å². The van der Waals surface area contributed by atoms with Crippen molar-refractivity contribution in [3.63, 3.8) is 0 Å². The number of amides is 1. The second-order valence-corrected chi connectivity index (χ2v) is 9.06. The normalized spacial score (nSPS) is 15.8. The number of sulfonamides is 1. The molecule has 1 aromatic rings. The summed E-state index contributed by atoms with van der Waals surface area (Å²) in [5, 5.41) is 0. The van der Waals surface area contributed by atoms with E-state index in [2.05, 4.69) is 4.72 Å². The van der Waals surface area contributed by atoms with Gasteiger partial charge in [0.1, 0.15) is 0 Å². The second kappa shape index (κ2) is 6.60. The Morgan fingerprint density at radius 2 is 1.84 bits per heavy atom. The van der Waals surface area contributed by atoms with Crippen LogP contribution in [0.15, 0.2) is 23.1 Å². The van der Waals surface area contributed by atoms with Crippen LogP contribution in [0.25, 0.3) is 0 Å². The topological polar surface area (TPSA) is 66.5 Å². The van der Waals surface area contributed by atoms with Gasteiger partial charge >= 0.3 is 12.1 Å². The second-order valence-electron chi connectivity index (χ2n) is 7.29. The summed E-state index contributed by atoms with van der Waals surface area (Å²) in [4.78, 5) is 12.1. The van der Waals surface area contributed by atoms with Gasteiger partial charge in [0.05, 0.1) is 4.90 Å². The molecule has 0 radical (unpaired) electrons. The number of carbonyl (C=O) groups excluding carboxylic acids is 1. The molecule has 0 bridgehead atoms. The Morgan fingerprint density at radius 1 is 1.20 bits per heavy atom. The number of rotatable bonds is 3. The first-order chi connectivity index (χ1) is 11.3. The molecule has 0 saturated heterocycles. The van der Waals surface area contributed by atoms with Gasteiger partial charge in [0, 0.05) is 19.6 Å². The van der Waals surface area contributed by atoms with Gasteiger partial charge in [0.2, 0.25) is 10.0 Å². The minimum absolute atomic E-state index is 0.0168. The molecule has 0 aromatic heterocycles. The highest BCUT2D eigenvalue weighted by Crippen LogP contribution is 2.26. The van der Waals surface area contributed by atoms with E-state index in [1.54, 1.807) is 6.07 Å². The summed E-state index contributed by atoms with van der Waals surface area (Å²) in [6.07, 6.45) is -4.68. The Bertz CT molecular complexity index is 768. The number of hydrogen-bond donors (Lipinski definition) is 1. The van der Waals surface area contributed by atoms with Crippen molar-refractivity contribution in [1.82, 2.24) is 9.62 Å². The number of alkyl halides is 3. The Balaban J connectivity index is 2.23. The maximum Gasteiger partial charge on any atom is 0.471 e. The molecule has 0 unspecified atom stereocenters. The van der Waals surface area contributed by atoms with E-state index in [1.807, 2.05) is 20.8 Å². The van der Waals surface area contributed by atoms with Crippen molar-refractivity contribution >= 4 is 15.9 Å². The predicted octanol–water partition coefficient (Wildman–Crippen LogP) is 2.46. The highest BCUT2D eigenvalue weighted by Gasteiger charge is 2.43. The first kappa shape index (κ1) is 19.7. The van der Waals surface area contributed by atoms with Crippen LogP contribution >= 0.6 is 0 Å². The average Bonchev–Trinajstić information content (AvgIpc) is 2.49. The largest absolute Gasteiger partial charge is 0.471 e. The third-order valence-electron chi connectivity index (χ3n) is 3.82. The third kappa shape index (κ3) is 4.94. The summed E-state index contributed by atoms with van der Waals surface area (Å²) in [6.45, 7) is 5.57. The van der Waals surface area contributed by atoms with Gasteiger partial charge in [-0.2, -0.15) is 13.2 Å². The van der Waals surface area contributed by atoms with E-state index in [0.717, 1.165) is 5.56 Å². The van der Waals surface area contributed by atoms with Crippen molar-refractivity contribution in [3.05, 3.63) is 29.3 Å². The Hall–Kier alpha value is -1.61. The molecule has 1 amide bonds. The van der Waals surface area contributed by atoms with Gasteiger partial charge in [-0.15, -0.1) is 0 Å². The van der Waals surface area contributed by atoms with Crippen LogP contribution in [0.4, 0.5) is 13.2 Å². The zero-order valence-electron chi connectivity index (χ0n) is 14.3. The van der Waals surface area contributed by atoms with E-state index in [1.165, 1.54) is 12.1 Å². The molecule has 0 atom stereocenters. The van der Waals surface area contributed by atoms with E-state index >= 15 is 0 Å². The highest BCUT2D eigenvalue weighted by atomic mass is 32.2. The summed E-state index contributed by atoms with van der Waals surface area (Å²) < 4.78 is 65.0. The molecule has 5 nitrogen and oxygen atoms in total. The summed E-state index contributed by atoms with van der Waals surface area (Å²) in [5.41, 5.74) is 0.917. The lowest BCUT2D eigenvalue weighted by atomic mass is 9.98. The summed E-state index contributed by atoms with van der Waals surface area (Å²) in [6, 6.07) is 4.37. The van der Waals surface area contributed by atoms with Gasteiger partial charge in [0.15, 0.2) is 0 Å². The van der Waals surface area contributed by atoms with Crippen molar-refractivity contribution in [3.8, 4) is 0 Å². The quantitative estimate of drug-likeness (QED) is 0.879. The van der Waals surface area contributed by atoms with Gasteiger partial charge in [-0.25, -0.2) is 13.1 Å². The fraction of sp³-hybridized carbons (Fsp3) is 0.562. The Morgan fingerprint density at radius 3 is 2.40 bits per heavy atom. The lowest BCUT2D eigenvalue weighted by Gasteiger charge is -2.29. The van der Waals surface area contributed by atoms with Crippen LogP contribution in [0.3, 0.4) is 0 Å². The van der Waals surface area contributed by atoms with Crippen molar-refractivity contribution < 1.29 is 26.4 Å². The van der Waals surface area contributed by atoms with Crippen molar-refractivity contribution in [2.24, 2.45) is 5.41 Å². The number of carbonyl (C=O) groups is 1. The number of fused-ring (bicyclic) bond motifs is 1. The minimum atomic E-state index is -4.94. The van der Waals surface area contributed by atoms with E-state index < -0.39 is 22.1 Å². The molecule has 1 heterocycles. The van der Waals surface area contributed by atoms with E-state index in [-0.39, 0.29) is 36.4 Å². The molecule has 0 fully saturated rings. The molecule has 0 aliphatic carbocycles. The molecule has 1 aliphatic rings. The summed E-state index contributed by atoms with van der Waals surface area (Å²) in [5.74, 6) is -1.91. The molecule has 0 saturated carbocycles. The summed E-state index contributed by atoms with van der Waals surface area (Å²) >= 11 is 0. The SMILES string of the molecule is CC(C)(C)CNS(=O)(=O)c1ccc2c(c1)CN(C(=O)C(F)(F)F)CC2. The van der Waals surface area contributed by atoms with Gasteiger partial charge in [-0.1, -0.05) is 26.8 Å². The maximum absolute atomic E-state index is 12.6. The van der Waals surface area contributed by atoms with E-state index in [4.69, 9.17) is 0 Å². The fourth-order valence-electron chi connectivity index (χ4n) is 2.45. The molecule has 140 valence electrons. The van der Waals surface area contributed by atoms with Crippen LogP contribution in [-0.4, -0.2) is 38.5 Å². The Kier molecular flexibility index (Phi) is 5.21. The first-order valence-corrected chi connectivity index (χ1v) is 9.25. The molecular weight excluding hydrogens is 357 g/mol. The molecule has 1 aliphatic heterocycles. The van der Waals surface area contributed by atoms with Crippen molar-refractivity contribution in [2.45, 2.75) is 44.8 Å². The number of benzene rings is 1. The van der Waals surface area contributed by atoms with E-state index in [0.29, 0.717) is 10.5 Å². The molecule has 1 aromatic carbocycles. The number of nitrogens with one attached hydrogen (secondary N) is 1. The minimum Gasteiger partial charge on any atom is -0.330 e. The average molecular weight is 378 g/mol. The molecule has 0 spiro atoms. The zero-order chi connectivity index (χ0) is 19.0. The van der Waals surface area contributed by atoms with Crippen molar-refractivity contribution in [2.75, 3.05) is 13.1 Å². The van der Waals surface area contributed by atoms with Crippen molar-refractivity contribution in [1.29, 1.82) is 0 Å². The molecule has 2 rings (SSSR count). The maximum atomic E-state index is 12.6. The van der Waals surface area contributed by atoms with Crippen LogP contribution in [0, 0.1) is 5.41 Å². The van der Waals surface area contributed by atoms with Crippen LogP contribution in [0.1, 0.15) is 31.9 Å². The first-order valence-electron chi connectivity index (χ1n) is 7.77. The monoisotopic (exact) mass is 378 g/mol. The molecule has 25 heavy (non-hydrogen) atoms. The predicted molar refractivity (Wildman–Crippen MR) is 86.3 cm³/mol. The van der Waals surface area contributed by atoms with Crippen LogP contribution < -0.4 is 4.72 Å². The van der Waals surface area contributed by atoms with Gasteiger partial charge in [-0.3, -0.25) is 4.79 Å². The number of nitrogens with zero attached hydrogens (tertiary/aromatic N) is 1. The fourth-order valence-corrected chi connectivity index (χ4v) is 3.78. The Labute approximate surface area is 145 Å². The third-order valence-corrected chi connectivity index (χ3v) is 5.22. The lowest BCUT2D eigenvalue weighted by molar-refractivity contribution is -0.186. The number of halogens is 3. The smallest absolute Gasteiger partial charge is 0.330 e. The van der Waals surface area contributed by atoms with Crippen LogP contribution in [0.5, 0.6) is 0 Å².